The quantitative estimate of drug-likeness (QED) is 0.169. The molecule has 4 heterocycles. The minimum absolute atomic E-state index is 0.394. The van der Waals surface area contributed by atoms with Gasteiger partial charge in [-0.05, 0) is 60.2 Å². The Morgan fingerprint density at radius 1 is 0.448 bits per heavy atom. The number of aromatic nitrogens is 2. The average molecular weight is 740 g/mol. The zero-order chi connectivity index (χ0) is 38.6. The molecule has 0 aliphatic rings. The molecule has 0 fully saturated rings. The van der Waals surface area contributed by atoms with Crippen LogP contribution in [0.4, 0.5) is 11.4 Å². The SMILES string of the molecule is [C-]#[N+]c1ccc(-c2c([N+]#[C-])ccc(C#N)c2-n2c3ccccc3c3cc4oc5ccccc5c4cc32)cc1-n1c2ccccc2c2cc3oc4ccccc4c3cc21. The number of para-hydroxylation sites is 4. The van der Waals surface area contributed by atoms with Crippen molar-refractivity contribution in [1.82, 2.24) is 9.13 Å². The first-order chi connectivity index (χ1) is 28.6. The first-order valence-corrected chi connectivity index (χ1v) is 18.8. The van der Waals surface area contributed by atoms with E-state index in [0.29, 0.717) is 39.4 Å². The van der Waals surface area contributed by atoms with Crippen molar-refractivity contribution >= 4 is 98.9 Å². The van der Waals surface area contributed by atoms with Crippen molar-refractivity contribution in [3.8, 4) is 28.6 Å². The molecule has 0 amide bonds. The lowest BCUT2D eigenvalue weighted by atomic mass is 9.96. The van der Waals surface area contributed by atoms with Crippen LogP contribution in [-0.2, 0) is 0 Å². The summed E-state index contributed by atoms with van der Waals surface area (Å²) in [6.45, 7) is 16.8. The Bertz CT molecular complexity index is 3910. The van der Waals surface area contributed by atoms with Gasteiger partial charge < -0.3 is 18.0 Å². The molecule has 266 valence electrons. The van der Waals surface area contributed by atoms with Crippen LogP contribution in [0.15, 0.2) is 160 Å². The summed E-state index contributed by atoms with van der Waals surface area (Å²) in [7, 11) is 0. The third-order valence-corrected chi connectivity index (χ3v) is 11.6. The maximum Gasteiger partial charge on any atom is 0.210 e. The summed E-state index contributed by atoms with van der Waals surface area (Å²) in [6.07, 6.45) is 0. The first kappa shape index (κ1) is 31.7. The van der Waals surface area contributed by atoms with Gasteiger partial charge in [-0.2, -0.15) is 5.26 Å². The molecule has 0 bridgehead atoms. The van der Waals surface area contributed by atoms with E-state index in [0.717, 1.165) is 87.5 Å². The van der Waals surface area contributed by atoms with Crippen molar-refractivity contribution in [2.45, 2.75) is 0 Å². The van der Waals surface area contributed by atoms with Gasteiger partial charge in [0.1, 0.15) is 28.4 Å². The molecule has 0 saturated carbocycles. The number of hydrogen-bond acceptors (Lipinski definition) is 3. The van der Waals surface area contributed by atoms with E-state index in [-0.39, 0.29) is 0 Å². The predicted molar refractivity (Wildman–Crippen MR) is 232 cm³/mol. The lowest BCUT2D eigenvalue weighted by Gasteiger charge is -2.19. The van der Waals surface area contributed by atoms with Crippen molar-refractivity contribution in [1.29, 1.82) is 5.26 Å². The fourth-order valence-electron chi connectivity index (χ4n) is 9.11. The van der Waals surface area contributed by atoms with Crippen LogP contribution in [0.3, 0.4) is 0 Å². The number of benzene rings is 8. The van der Waals surface area contributed by atoms with Crippen LogP contribution in [0.2, 0.25) is 0 Å². The predicted octanol–water partition coefficient (Wildman–Crippen LogP) is 14.3. The third-order valence-electron chi connectivity index (χ3n) is 11.6. The molecule has 7 heteroatoms. The van der Waals surface area contributed by atoms with E-state index in [1.54, 1.807) is 12.1 Å². The van der Waals surface area contributed by atoms with Gasteiger partial charge in [0.2, 0.25) is 5.69 Å². The minimum Gasteiger partial charge on any atom is -0.456 e. The molecule has 4 aromatic heterocycles. The van der Waals surface area contributed by atoms with Crippen molar-refractivity contribution in [2.24, 2.45) is 0 Å². The molecule has 0 saturated heterocycles. The van der Waals surface area contributed by atoms with Crippen molar-refractivity contribution in [3.05, 3.63) is 180 Å². The Morgan fingerprint density at radius 2 is 0.966 bits per heavy atom. The number of nitriles is 1. The Morgan fingerprint density at radius 3 is 1.55 bits per heavy atom. The maximum absolute atomic E-state index is 10.8. The molecule has 0 aliphatic carbocycles. The van der Waals surface area contributed by atoms with Crippen molar-refractivity contribution < 1.29 is 8.83 Å². The zero-order valence-corrected chi connectivity index (χ0v) is 30.5. The van der Waals surface area contributed by atoms with Crippen LogP contribution < -0.4 is 0 Å². The average Bonchev–Trinajstić information content (AvgIpc) is 4.01. The van der Waals surface area contributed by atoms with Gasteiger partial charge in [0, 0.05) is 48.7 Å². The smallest absolute Gasteiger partial charge is 0.210 e. The highest BCUT2D eigenvalue weighted by Gasteiger charge is 2.25. The van der Waals surface area contributed by atoms with Crippen LogP contribution in [-0.4, -0.2) is 9.13 Å². The number of fused-ring (bicyclic) bond motifs is 12. The van der Waals surface area contributed by atoms with E-state index in [1.165, 1.54) is 0 Å². The van der Waals surface area contributed by atoms with Crippen molar-refractivity contribution in [2.75, 3.05) is 0 Å². The Labute approximate surface area is 329 Å². The monoisotopic (exact) mass is 739 g/mol. The molecule has 0 unspecified atom stereocenters. The van der Waals surface area contributed by atoms with Gasteiger partial charge in [0.05, 0.1) is 52.1 Å². The standard InChI is InChI=1S/C51H25N5O2/c1-53-39-21-19-29(23-45(39)55-41-15-7-3-11-31(41)35-26-48-37(24-43(35)55)33-13-5-9-17-46(33)57-48)50-40(54-2)22-20-30(28-52)51(50)56-42-16-8-4-12-32(42)36-27-49-38(25-44(36)56)34-14-6-10-18-47(34)58-49/h3-27H. The van der Waals surface area contributed by atoms with E-state index in [9.17, 15) is 5.26 Å². The van der Waals surface area contributed by atoms with E-state index >= 15 is 0 Å². The summed E-state index contributed by atoms with van der Waals surface area (Å²) in [4.78, 5) is 8.10. The summed E-state index contributed by atoms with van der Waals surface area (Å²) < 4.78 is 16.9. The molecule has 12 aromatic rings. The molecular formula is C51H25N5O2. The largest absolute Gasteiger partial charge is 0.456 e. The third kappa shape index (κ3) is 4.23. The fraction of sp³-hybridized carbons (Fsp3) is 0. The summed E-state index contributed by atoms with van der Waals surface area (Å²) in [5, 5.41) is 18.8. The molecule has 0 radical (unpaired) electrons. The first-order valence-electron chi connectivity index (χ1n) is 18.8. The van der Waals surface area contributed by atoms with E-state index in [1.807, 2.05) is 78.9 Å². The minimum atomic E-state index is 0.394. The molecule has 0 aliphatic heterocycles. The molecule has 0 spiro atoms. The zero-order valence-electron chi connectivity index (χ0n) is 30.5. The summed E-state index contributed by atoms with van der Waals surface area (Å²) in [5.41, 5.74) is 10.7. The molecule has 0 atom stereocenters. The maximum atomic E-state index is 10.8. The van der Waals surface area contributed by atoms with E-state index < -0.39 is 0 Å². The highest BCUT2D eigenvalue weighted by molar-refractivity contribution is 6.19. The molecule has 58 heavy (non-hydrogen) atoms. The number of rotatable bonds is 3. The lowest BCUT2D eigenvalue weighted by molar-refractivity contribution is 0.669. The van der Waals surface area contributed by atoms with E-state index in [4.69, 9.17) is 22.0 Å². The molecule has 8 aromatic carbocycles. The van der Waals surface area contributed by atoms with Gasteiger partial charge in [-0.25, -0.2) is 9.69 Å². The highest BCUT2D eigenvalue weighted by Crippen LogP contribution is 2.47. The molecule has 12 rings (SSSR count). The second-order valence-electron chi connectivity index (χ2n) is 14.5. The van der Waals surface area contributed by atoms with Gasteiger partial charge in [-0.15, -0.1) is 0 Å². The van der Waals surface area contributed by atoms with Gasteiger partial charge in [-0.3, -0.25) is 0 Å². The molecule has 7 nitrogen and oxygen atoms in total. The van der Waals surface area contributed by atoms with Gasteiger partial charge in [-0.1, -0.05) is 97.1 Å². The summed E-state index contributed by atoms with van der Waals surface area (Å²) >= 11 is 0. The lowest BCUT2D eigenvalue weighted by Crippen LogP contribution is -2.02. The Balaban J connectivity index is 1.19. The summed E-state index contributed by atoms with van der Waals surface area (Å²) in [5.74, 6) is 0. The van der Waals surface area contributed by atoms with Crippen LogP contribution in [0.5, 0.6) is 0 Å². The Kier molecular flexibility index (Phi) is 6.41. The number of nitrogens with zero attached hydrogens (tertiary/aromatic N) is 5. The van der Waals surface area contributed by atoms with Gasteiger partial charge >= 0.3 is 0 Å². The van der Waals surface area contributed by atoms with Gasteiger partial charge in [0.15, 0.2) is 5.69 Å². The van der Waals surface area contributed by atoms with E-state index in [2.05, 4.69) is 85.6 Å². The number of furan rings is 2. The van der Waals surface area contributed by atoms with Crippen LogP contribution in [0, 0.1) is 24.5 Å². The van der Waals surface area contributed by atoms with Crippen molar-refractivity contribution in [3.63, 3.8) is 0 Å². The second-order valence-corrected chi connectivity index (χ2v) is 14.5. The van der Waals surface area contributed by atoms with Crippen LogP contribution in [0.25, 0.3) is 120 Å². The summed E-state index contributed by atoms with van der Waals surface area (Å²) in [6, 6.07) is 52.5. The van der Waals surface area contributed by atoms with Gasteiger partial charge in [0.25, 0.3) is 0 Å². The van der Waals surface area contributed by atoms with Crippen LogP contribution in [0.1, 0.15) is 5.56 Å². The molecule has 0 N–H and O–H groups in total. The van der Waals surface area contributed by atoms with Crippen LogP contribution >= 0.6 is 0 Å². The highest BCUT2D eigenvalue weighted by atomic mass is 16.3. The fourth-order valence-corrected chi connectivity index (χ4v) is 9.11. The topological polar surface area (TPSA) is 68.7 Å². The normalized spacial score (nSPS) is 11.7. The molecular weight excluding hydrogens is 715 g/mol. The second kappa shape index (κ2) is 11.7. The number of hydrogen-bond donors (Lipinski definition) is 0. The Hall–Kier alpha value is -8.57.